The maximum atomic E-state index is 11.1. The maximum absolute atomic E-state index is 11.1. The maximum Gasteiger partial charge on any atom is 0.339 e. The molecule has 0 spiro atoms. The Kier molecular flexibility index (Phi) is 5.65. The predicted octanol–water partition coefficient (Wildman–Crippen LogP) is 3.67. The number of nitrogens with zero attached hydrogens (tertiary/aromatic N) is 1. The third kappa shape index (κ3) is 3.97. The fourth-order valence-corrected chi connectivity index (χ4v) is 2.43. The summed E-state index contributed by atoms with van der Waals surface area (Å²) in [7, 11) is 1.52. The molecule has 0 aliphatic heterocycles. The summed E-state index contributed by atoms with van der Waals surface area (Å²) in [4.78, 5) is 11.1. The second-order valence-corrected chi connectivity index (χ2v) is 5.43. The molecule has 0 saturated carbocycles. The summed E-state index contributed by atoms with van der Waals surface area (Å²) in [6, 6.07) is 13.5. The number of amides is 2. The number of hydrogen-bond acceptors (Lipinski definition) is 4. The highest BCUT2D eigenvalue weighted by atomic mass is 16.5. The van der Waals surface area contributed by atoms with Crippen LogP contribution in [0.2, 0.25) is 0 Å². The molecular formula is C18H22N2O4. The number of primary amides is 1. The van der Waals surface area contributed by atoms with Crippen molar-refractivity contribution < 1.29 is 19.5 Å². The number of hydrogen-bond donors (Lipinski definition) is 2. The van der Waals surface area contributed by atoms with E-state index in [1.165, 1.54) is 7.11 Å². The molecule has 128 valence electrons. The number of urea groups is 1. The zero-order valence-electron chi connectivity index (χ0n) is 14.0. The lowest BCUT2D eigenvalue weighted by Gasteiger charge is -2.23. The quantitative estimate of drug-likeness (QED) is 0.625. The monoisotopic (exact) mass is 330 g/mol. The van der Waals surface area contributed by atoms with E-state index in [4.69, 9.17) is 15.2 Å². The molecule has 2 aromatic rings. The fraction of sp³-hybridized carbons (Fsp3) is 0.278. The molecule has 24 heavy (non-hydrogen) atoms. The molecule has 0 aliphatic carbocycles. The summed E-state index contributed by atoms with van der Waals surface area (Å²) in [5, 5.41) is 10.2. The second kappa shape index (κ2) is 7.70. The Hall–Kier alpha value is -2.73. The van der Waals surface area contributed by atoms with E-state index in [0.29, 0.717) is 22.1 Å². The molecule has 2 rings (SSSR count). The minimum absolute atomic E-state index is 0.126. The summed E-state index contributed by atoms with van der Waals surface area (Å²) < 4.78 is 11.3. The van der Waals surface area contributed by atoms with Crippen LogP contribution in [0, 0.1) is 0 Å². The number of methoxy groups -OCH3 is 1. The smallest absolute Gasteiger partial charge is 0.339 e. The number of hydroxylamine groups is 2. The van der Waals surface area contributed by atoms with E-state index >= 15 is 0 Å². The van der Waals surface area contributed by atoms with Crippen LogP contribution in [0.4, 0.5) is 4.79 Å². The van der Waals surface area contributed by atoms with E-state index in [1.807, 2.05) is 37.3 Å². The fourth-order valence-electron chi connectivity index (χ4n) is 2.43. The van der Waals surface area contributed by atoms with Crippen molar-refractivity contribution in [3.63, 3.8) is 0 Å². The van der Waals surface area contributed by atoms with Crippen LogP contribution in [0.15, 0.2) is 48.5 Å². The first-order valence-electron chi connectivity index (χ1n) is 7.61. The molecule has 2 amide bonds. The molecule has 2 atom stereocenters. The second-order valence-electron chi connectivity index (χ2n) is 5.43. The summed E-state index contributed by atoms with van der Waals surface area (Å²) in [6.45, 7) is 3.61. The number of benzene rings is 2. The Balaban J connectivity index is 2.21. The van der Waals surface area contributed by atoms with Crippen LogP contribution in [-0.2, 0) is 0 Å². The Morgan fingerprint density at radius 2 is 1.83 bits per heavy atom. The molecule has 0 saturated heterocycles. The summed E-state index contributed by atoms with van der Waals surface area (Å²) in [5.74, 6) is 1.13. The van der Waals surface area contributed by atoms with Gasteiger partial charge in [0.15, 0.2) is 0 Å². The van der Waals surface area contributed by atoms with E-state index < -0.39 is 12.1 Å². The molecule has 0 aliphatic rings. The molecular weight excluding hydrogens is 308 g/mol. The Labute approximate surface area is 141 Å². The predicted molar refractivity (Wildman–Crippen MR) is 90.1 cm³/mol. The lowest BCUT2D eigenvalue weighted by atomic mass is 10.1. The molecule has 6 heteroatoms. The summed E-state index contributed by atoms with van der Waals surface area (Å²) in [6.07, 6.45) is -0.126. The standard InChI is InChI=1S/C18H22N2O4/c1-12(20(22)18(19)21)16-10-9-15(11-17(16)23-3)24-13(2)14-7-5-4-6-8-14/h4-13,22H,1-3H3,(H2,19,21). The van der Waals surface area contributed by atoms with E-state index in [9.17, 15) is 10.0 Å². The van der Waals surface area contributed by atoms with Gasteiger partial charge in [0, 0.05) is 11.6 Å². The number of nitrogens with two attached hydrogens (primary N) is 1. The minimum atomic E-state index is -0.928. The molecule has 0 radical (unpaired) electrons. The van der Waals surface area contributed by atoms with E-state index in [2.05, 4.69) is 0 Å². The third-order valence-electron chi connectivity index (χ3n) is 3.83. The van der Waals surface area contributed by atoms with Crippen LogP contribution < -0.4 is 15.2 Å². The van der Waals surface area contributed by atoms with E-state index in [-0.39, 0.29) is 6.10 Å². The van der Waals surface area contributed by atoms with Gasteiger partial charge in [-0.2, -0.15) is 5.06 Å². The van der Waals surface area contributed by atoms with Gasteiger partial charge in [-0.25, -0.2) is 4.79 Å². The first-order chi connectivity index (χ1) is 11.4. The third-order valence-corrected chi connectivity index (χ3v) is 3.83. The SMILES string of the molecule is COc1cc(OC(C)c2ccccc2)ccc1C(C)N(O)C(N)=O. The van der Waals surface area contributed by atoms with Crippen LogP contribution in [0.25, 0.3) is 0 Å². The first kappa shape index (κ1) is 17.6. The average molecular weight is 330 g/mol. The van der Waals surface area contributed by atoms with Crippen LogP contribution in [0.3, 0.4) is 0 Å². The molecule has 0 fully saturated rings. The minimum Gasteiger partial charge on any atom is -0.496 e. The zero-order chi connectivity index (χ0) is 17.7. The van der Waals surface area contributed by atoms with Gasteiger partial charge in [0.25, 0.3) is 0 Å². The van der Waals surface area contributed by atoms with Gasteiger partial charge < -0.3 is 15.2 Å². The molecule has 0 bridgehead atoms. The largest absolute Gasteiger partial charge is 0.496 e. The van der Waals surface area contributed by atoms with Gasteiger partial charge >= 0.3 is 6.03 Å². The number of ether oxygens (including phenoxy) is 2. The zero-order valence-corrected chi connectivity index (χ0v) is 14.0. The molecule has 0 heterocycles. The molecule has 2 unspecified atom stereocenters. The molecule has 3 N–H and O–H groups in total. The van der Waals surface area contributed by atoms with Gasteiger partial charge in [0.1, 0.15) is 17.6 Å². The number of carbonyl (C=O) groups excluding carboxylic acids is 1. The van der Waals surface area contributed by atoms with Crippen molar-refractivity contribution in [1.29, 1.82) is 0 Å². The highest BCUT2D eigenvalue weighted by Gasteiger charge is 2.21. The van der Waals surface area contributed by atoms with Gasteiger partial charge in [0.05, 0.1) is 13.2 Å². The van der Waals surface area contributed by atoms with Crippen molar-refractivity contribution in [1.82, 2.24) is 5.06 Å². The van der Waals surface area contributed by atoms with Crippen LogP contribution in [-0.4, -0.2) is 23.4 Å². The van der Waals surface area contributed by atoms with Gasteiger partial charge in [0.2, 0.25) is 0 Å². The van der Waals surface area contributed by atoms with Crippen molar-refractivity contribution in [2.24, 2.45) is 5.73 Å². The van der Waals surface area contributed by atoms with E-state index in [1.54, 1.807) is 25.1 Å². The Morgan fingerprint density at radius 1 is 1.17 bits per heavy atom. The van der Waals surface area contributed by atoms with Crippen LogP contribution >= 0.6 is 0 Å². The van der Waals surface area contributed by atoms with Crippen LogP contribution in [0.5, 0.6) is 11.5 Å². The van der Waals surface area contributed by atoms with Crippen molar-refractivity contribution in [2.45, 2.75) is 26.0 Å². The normalized spacial score (nSPS) is 13.0. The van der Waals surface area contributed by atoms with Gasteiger partial charge in [-0.3, -0.25) is 5.21 Å². The number of carbonyl (C=O) groups is 1. The van der Waals surface area contributed by atoms with Gasteiger partial charge in [-0.05, 0) is 31.5 Å². The van der Waals surface area contributed by atoms with Gasteiger partial charge in [-0.15, -0.1) is 0 Å². The van der Waals surface area contributed by atoms with Gasteiger partial charge in [-0.1, -0.05) is 30.3 Å². The van der Waals surface area contributed by atoms with Crippen molar-refractivity contribution in [3.05, 3.63) is 59.7 Å². The van der Waals surface area contributed by atoms with Crippen molar-refractivity contribution in [2.75, 3.05) is 7.11 Å². The van der Waals surface area contributed by atoms with Crippen molar-refractivity contribution >= 4 is 6.03 Å². The van der Waals surface area contributed by atoms with Crippen LogP contribution in [0.1, 0.15) is 37.1 Å². The Morgan fingerprint density at radius 3 is 2.42 bits per heavy atom. The Bertz CT molecular complexity index is 691. The highest BCUT2D eigenvalue weighted by molar-refractivity contribution is 5.71. The molecule has 6 nitrogen and oxygen atoms in total. The number of rotatable bonds is 6. The lowest BCUT2D eigenvalue weighted by molar-refractivity contribution is -0.0714. The first-order valence-corrected chi connectivity index (χ1v) is 7.61. The summed E-state index contributed by atoms with van der Waals surface area (Å²) in [5.41, 5.74) is 6.78. The lowest BCUT2D eigenvalue weighted by Crippen LogP contribution is -2.34. The average Bonchev–Trinajstić information content (AvgIpc) is 2.60. The van der Waals surface area contributed by atoms with Crippen molar-refractivity contribution in [3.8, 4) is 11.5 Å². The van der Waals surface area contributed by atoms with E-state index in [0.717, 1.165) is 5.56 Å². The molecule has 2 aromatic carbocycles. The highest BCUT2D eigenvalue weighted by Crippen LogP contribution is 2.33. The summed E-state index contributed by atoms with van der Waals surface area (Å²) >= 11 is 0. The topological polar surface area (TPSA) is 85.0 Å². The molecule has 0 aromatic heterocycles.